The molecule has 1 aliphatic carbocycles. The summed E-state index contributed by atoms with van der Waals surface area (Å²) in [7, 11) is 0. The first-order valence-corrected chi connectivity index (χ1v) is 10.3. The first kappa shape index (κ1) is 19.4. The largest absolute Gasteiger partial charge is 0.325 e. The van der Waals surface area contributed by atoms with E-state index in [1.165, 1.54) is 0 Å². The summed E-state index contributed by atoms with van der Waals surface area (Å²) in [5.41, 5.74) is 2.57. The van der Waals surface area contributed by atoms with Gasteiger partial charge in [-0.15, -0.1) is 0 Å². The molecule has 1 N–H and O–H groups in total. The lowest BCUT2D eigenvalue weighted by molar-refractivity contribution is -0.131. The Morgan fingerprint density at radius 3 is 2.52 bits per heavy atom. The number of urea groups is 1. The predicted molar refractivity (Wildman–Crippen MR) is 111 cm³/mol. The molecule has 1 unspecified atom stereocenters. The summed E-state index contributed by atoms with van der Waals surface area (Å²) in [4.78, 5) is 40.0. The lowest BCUT2D eigenvalue weighted by Gasteiger charge is -2.27. The highest BCUT2D eigenvalue weighted by Gasteiger charge is 2.53. The minimum Gasteiger partial charge on any atom is -0.319 e. The molecule has 1 spiro atoms. The zero-order valence-electron chi connectivity index (χ0n) is 16.9. The highest BCUT2D eigenvalue weighted by molar-refractivity contribution is 6.11. The molecule has 0 saturated carbocycles. The lowest BCUT2D eigenvalue weighted by atomic mass is 9.84. The van der Waals surface area contributed by atoms with Gasteiger partial charge in [0.05, 0.1) is 6.54 Å². The van der Waals surface area contributed by atoms with Crippen LogP contribution in [0.4, 0.5) is 4.79 Å². The molecule has 5 heteroatoms. The number of Topliss-reactive ketones (excluding diaryl/α,β-unsaturated/α-hetero) is 1. The van der Waals surface area contributed by atoms with Gasteiger partial charge >= 0.3 is 6.03 Å². The van der Waals surface area contributed by atoms with Gasteiger partial charge in [-0.3, -0.25) is 14.5 Å². The van der Waals surface area contributed by atoms with Crippen LogP contribution in [0.2, 0.25) is 0 Å². The van der Waals surface area contributed by atoms with E-state index >= 15 is 0 Å². The molecule has 0 bridgehead atoms. The second-order valence-corrected chi connectivity index (χ2v) is 8.29. The SMILES string of the molecule is CC(C)c1ccc(C(=O)CN2C(=O)NC3(CCCCc4ccccc43)C2=O)cc1. The second-order valence-electron chi connectivity index (χ2n) is 8.29. The van der Waals surface area contributed by atoms with Gasteiger partial charge in [0.2, 0.25) is 0 Å². The Bertz CT molecular complexity index is 964. The highest BCUT2D eigenvalue weighted by atomic mass is 16.2. The fourth-order valence-electron chi connectivity index (χ4n) is 4.41. The third kappa shape index (κ3) is 3.35. The van der Waals surface area contributed by atoms with E-state index < -0.39 is 11.6 Å². The van der Waals surface area contributed by atoms with Crippen molar-refractivity contribution < 1.29 is 14.4 Å². The van der Waals surface area contributed by atoms with E-state index in [9.17, 15) is 14.4 Å². The van der Waals surface area contributed by atoms with Crippen molar-refractivity contribution in [3.05, 3.63) is 70.8 Å². The summed E-state index contributed by atoms with van der Waals surface area (Å²) >= 11 is 0. The number of aryl methyl sites for hydroxylation is 1. The van der Waals surface area contributed by atoms with Crippen LogP contribution in [0.1, 0.15) is 66.1 Å². The molecule has 0 aromatic heterocycles. The van der Waals surface area contributed by atoms with Crippen molar-refractivity contribution in [2.24, 2.45) is 0 Å². The van der Waals surface area contributed by atoms with Crippen LogP contribution in [0.3, 0.4) is 0 Å². The first-order chi connectivity index (χ1) is 13.9. The number of carbonyl (C=O) groups is 3. The molecular formula is C24H26N2O3. The third-order valence-electron chi connectivity index (χ3n) is 6.10. The Morgan fingerprint density at radius 1 is 1.07 bits per heavy atom. The molecule has 2 aromatic carbocycles. The molecule has 2 aliphatic rings. The normalized spacial score (nSPS) is 21.3. The molecule has 1 saturated heterocycles. The lowest BCUT2D eigenvalue weighted by Crippen LogP contribution is -2.44. The number of hydrogen-bond donors (Lipinski definition) is 1. The smallest absolute Gasteiger partial charge is 0.319 e. The molecule has 2 aromatic rings. The zero-order chi connectivity index (χ0) is 20.6. The predicted octanol–water partition coefficient (Wildman–Crippen LogP) is 4.17. The van der Waals surface area contributed by atoms with Gasteiger partial charge in [-0.25, -0.2) is 4.79 Å². The van der Waals surface area contributed by atoms with Crippen LogP contribution in [0, 0.1) is 0 Å². The maximum Gasteiger partial charge on any atom is 0.325 e. The average Bonchev–Trinajstić information content (AvgIpc) is 2.86. The van der Waals surface area contributed by atoms with Crippen molar-refractivity contribution in [1.82, 2.24) is 10.2 Å². The quantitative estimate of drug-likeness (QED) is 0.629. The van der Waals surface area contributed by atoms with Crippen molar-refractivity contribution in [2.45, 2.75) is 51.0 Å². The Kier molecular flexibility index (Phi) is 4.99. The summed E-state index contributed by atoms with van der Waals surface area (Å²) < 4.78 is 0. The average molecular weight is 390 g/mol. The van der Waals surface area contributed by atoms with Gasteiger partial charge in [0.25, 0.3) is 5.91 Å². The van der Waals surface area contributed by atoms with Crippen LogP contribution < -0.4 is 5.32 Å². The zero-order valence-corrected chi connectivity index (χ0v) is 16.9. The number of nitrogens with zero attached hydrogens (tertiary/aromatic N) is 1. The van der Waals surface area contributed by atoms with Gasteiger partial charge in [-0.2, -0.15) is 0 Å². The number of rotatable bonds is 4. The number of amides is 3. The maximum atomic E-state index is 13.4. The van der Waals surface area contributed by atoms with E-state index in [0.29, 0.717) is 17.9 Å². The molecule has 4 rings (SSSR count). The number of nitrogens with one attached hydrogen (secondary N) is 1. The minimum absolute atomic E-state index is 0.234. The van der Waals surface area contributed by atoms with E-state index in [2.05, 4.69) is 19.2 Å². The van der Waals surface area contributed by atoms with Crippen LogP contribution in [0.15, 0.2) is 48.5 Å². The van der Waals surface area contributed by atoms with E-state index in [1.54, 1.807) is 12.1 Å². The number of benzene rings is 2. The van der Waals surface area contributed by atoms with Crippen molar-refractivity contribution in [1.29, 1.82) is 0 Å². The van der Waals surface area contributed by atoms with Gasteiger partial charge in [-0.05, 0) is 48.3 Å². The maximum absolute atomic E-state index is 13.4. The van der Waals surface area contributed by atoms with E-state index in [0.717, 1.165) is 40.9 Å². The van der Waals surface area contributed by atoms with Crippen molar-refractivity contribution in [2.75, 3.05) is 6.54 Å². The van der Waals surface area contributed by atoms with Gasteiger partial charge in [0, 0.05) is 5.56 Å². The van der Waals surface area contributed by atoms with Crippen LogP contribution in [0.5, 0.6) is 0 Å². The van der Waals surface area contributed by atoms with Crippen molar-refractivity contribution >= 4 is 17.7 Å². The summed E-state index contributed by atoms with van der Waals surface area (Å²) in [6.45, 7) is 3.94. The van der Waals surface area contributed by atoms with Gasteiger partial charge in [-0.1, -0.05) is 62.4 Å². The Morgan fingerprint density at radius 2 is 1.79 bits per heavy atom. The first-order valence-electron chi connectivity index (χ1n) is 10.3. The molecule has 150 valence electrons. The molecular weight excluding hydrogens is 364 g/mol. The number of hydrogen-bond acceptors (Lipinski definition) is 3. The molecule has 0 radical (unpaired) electrons. The molecule has 1 fully saturated rings. The monoisotopic (exact) mass is 390 g/mol. The second kappa shape index (κ2) is 7.47. The van der Waals surface area contributed by atoms with Crippen LogP contribution in [0.25, 0.3) is 0 Å². The summed E-state index contributed by atoms with van der Waals surface area (Å²) in [5.74, 6) is -0.174. The van der Waals surface area contributed by atoms with Gasteiger partial charge < -0.3 is 5.32 Å². The van der Waals surface area contributed by atoms with Crippen molar-refractivity contribution in [3.8, 4) is 0 Å². The van der Waals surface area contributed by atoms with Crippen LogP contribution in [-0.2, 0) is 16.8 Å². The highest BCUT2D eigenvalue weighted by Crippen LogP contribution is 2.39. The molecule has 1 aliphatic heterocycles. The summed E-state index contributed by atoms with van der Waals surface area (Å²) in [6, 6.07) is 14.7. The van der Waals surface area contributed by atoms with Gasteiger partial charge in [0.1, 0.15) is 5.54 Å². The Balaban J connectivity index is 1.60. The molecule has 1 heterocycles. The topological polar surface area (TPSA) is 66.5 Å². The summed E-state index contributed by atoms with van der Waals surface area (Å²) in [6.07, 6.45) is 3.27. The van der Waals surface area contributed by atoms with E-state index in [4.69, 9.17) is 0 Å². The van der Waals surface area contributed by atoms with E-state index in [1.807, 2.05) is 36.4 Å². The minimum atomic E-state index is -1.05. The number of carbonyl (C=O) groups excluding carboxylic acids is 3. The Labute approximate surface area is 171 Å². The van der Waals surface area contributed by atoms with E-state index in [-0.39, 0.29) is 18.2 Å². The van der Waals surface area contributed by atoms with Crippen LogP contribution >= 0.6 is 0 Å². The number of fused-ring (bicyclic) bond motifs is 2. The fourth-order valence-corrected chi connectivity index (χ4v) is 4.41. The molecule has 29 heavy (non-hydrogen) atoms. The molecule has 3 amide bonds. The number of ketones is 1. The number of imide groups is 1. The molecule has 5 nitrogen and oxygen atoms in total. The van der Waals surface area contributed by atoms with Crippen LogP contribution in [-0.4, -0.2) is 29.2 Å². The fraction of sp³-hybridized carbons (Fsp3) is 0.375. The van der Waals surface area contributed by atoms with Crippen molar-refractivity contribution in [3.63, 3.8) is 0 Å². The molecule has 1 atom stereocenters. The third-order valence-corrected chi connectivity index (χ3v) is 6.10. The van der Waals surface area contributed by atoms with Gasteiger partial charge in [0.15, 0.2) is 5.78 Å². The standard InChI is InChI=1S/C24H26N2O3/c1-16(2)17-10-12-19(13-11-17)21(27)15-26-22(28)24(25-23(26)29)14-6-5-8-18-7-3-4-9-20(18)24/h3-4,7,9-13,16H,5-6,8,14-15H2,1-2H3,(H,25,29). The Hall–Kier alpha value is -2.95. The summed E-state index contributed by atoms with van der Waals surface area (Å²) in [5, 5.41) is 2.93.